The SMILES string of the molecule is CCCCNC(=O)C(CC)N(Cc1ccc(Cl)cc1Cl)C(=O)CN(c1ccc(CC)cc1)S(=O)(=O)c1ccccc1. The van der Waals surface area contributed by atoms with Gasteiger partial charge in [0.2, 0.25) is 11.8 Å². The number of unbranched alkanes of at least 4 members (excludes halogenated alkanes) is 1. The van der Waals surface area contributed by atoms with Crippen molar-refractivity contribution >= 4 is 50.7 Å². The fraction of sp³-hybridized carbons (Fsp3) is 0.355. The molecule has 3 rings (SSSR count). The first-order valence-electron chi connectivity index (χ1n) is 13.8. The van der Waals surface area contributed by atoms with Gasteiger partial charge in [-0.3, -0.25) is 13.9 Å². The molecular weight excluding hydrogens is 581 g/mol. The maximum absolute atomic E-state index is 14.1. The molecule has 1 unspecified atom stereocenters. The van der Waals surface area contributed by atoms with E-state index in [9.17, 15) is 18.0 Å². The van der Waals surface area contributed by atoms with Gasteiger partial charge in [-0.2, -0.15) is 0 Å². The molecule has 2 amide bonds. The lowest BCUT2D eigenvalue weighted by atomic mass is 10.1. The summed E-state index contributed by atoms with van der Waals surface area (Å²) in [5.41, 5.74) is 1.98. The molecule has 7 nitrogen and oxygen atoms in total. The van der Waals surface area contributed by atoms with Gasteiger partial charge >= 0.3 is 0 Å². The molecule has 0 saturated carbocycles. The predicted octanol–water partition coefficient (Wildman–Crippen LogP) is 6.47. The second-order valence-electron chi connectivity index (χ2n) is 9.67. The van der Waals surface area contributed by atoms with Crippen LogP contribution in [0.2, 0.25) is 10.0 Å². The monoisotopic (exact) mass is 617 g/mol. The van der Waals surface area contributed by atoms with Crippen LogP contribution in [0.3, 0.4) is 0 Å². The number of benzene rings is 3. The minimum Gasteiger partial charge on any atom is -0.354 e. The van der Waals surface area contributed by atoms with Gasteiger partial charge in [-0.15, -0.1) is 0 Å². The number of carbonyl (C=O) groups excluding carboxylic acids is 2. The van der Waals surface area contributed by atoms with Crippen LogP contribution in [0.25, 0.3) is 0 Å². The Labute approximate surface area is 253 Å². The van der Waals surface area contributed by atoms with Crippen LogP contribution in [0.15, 0.2) is 77.7 Å². The third kappa shape index (κ3) is 8.47. The zero-order valence-corrected chi connectivity index (χ0v) is 26.0. The van der Waals surface area contributed by atoms with Crippen LogP contribution in [0.5, 0.6) is 0 Å². The molecule has 220 valence electrons. The Hall–Kier alpha value is -3.07. The van der Waals surface area contributed by atoms with E-state index in [1.807, 2.05) is 32.9 Å². The number of amides is 2. The molecule has 0 radical (unpaired) electrons. The Kier molecular flexibility index (Phi) is 12.1. The molecule has 0 fully saturated rings. The molecule has 10 heteroatoms. The summed E-state index contributed by atoms with van der Waals surface area (Å²) in [6.07, 6.45) is 2.82. The molecule has 0 aliphatic rings. The van der Waals surface area contributed by atoms with Crippen LogP contribution in [0.1, 0.15) is 51.2 Å². The molecule has 0 heterocycles. The second-order valence-corrected chi connectivity index (χ2v) is 12.4. The van der Waals surface area contributed by atoms with E-state index in [2.05, 4.69) is 5.32 Å². The zero-order chi connectivity index (χ0) is 30.0. The molecule has 41 heavy (non-hydrogen) atoms. The van der Waals surface area contributed by atoms with Crippen LogP contribution in [0, 0.1) is 0 Å². The number of hydrogen-bond acceptors (Lipinski definition) is 4. The van der Waals surface area contributed by atoms with E-state index in [1.54, 1.807) is 48.5 Å². The third-order valence-electron chi connectivity index (χ3n) is 6.81. The number of sulfonamides is 1. The summed E-state index contributed by atoms with van der Waals surface area (Å²) in [6.45, 7) is 5.82. The zero-order valence-electron chi connectivity index (χ0n) is 23.6. The summed E-state index contributed by atoms with van der Waals surface area (Å²) in [5, 5.41) is 3.70. The van der Waals surface area contributed by atoms with Gasteiger partial charge in [-0.25, -0.2) is 8.42 Å². The van der Waals surface area contributed by atoms with E-state index in [0.29, 0.717) is 34.3 Å². The van der Waals surface area contributed by atoms with Gasteiger partial charge < -0.3 is 10.2 Å². The highest BCUT2D eigenvalue weighted by Crippen LogP contribution is 2.27. The molecule has 3 aromatic rings. The normalized spacial score (nSPS) is 12.0. The Balaban J connectivity index is 2.05. The molecule has 3 aromatic carbocycles. The fourth-order valence-corrected chi connectivity index (χ4v) is 6.31. The van der Waals surface area contributed by atoms with Gasteiger partial charge in [0.15, 0.2) is 0 Å². The Morgan fingerprint density at radius 1 is 0.927 bits per heavy atom. The van der Waals surface area contributed by atoms with Crippen molar-refractivity contribution in [2.24, 2.45) is 0 Å². The van der Waals surface area contributed by atoms with Crippen molar-refractivity contribution in [2.45, 2.75) is 63.9 Å². The van der Waals surface area contributed by atoms with Gasteiger partial charge in [0.1, 0.15) is 12.6 Å². The van der Waals surface area contributed by atoms with Crippen molar-refractivity contribution < 1.29 is 18.0 Å². The highest BCUT2D eigenvalue weighted by atomic mass is 35.5. The van der Waals surface area contributed by atoms with Gasteiger partial charge in [0.05, 0.1) is 10.6 Å². The summed E-state index contributed by atoms with van der Waals surface area (Å²) in [5.74, 6) is -0.836. The maximum atomic E-state index is 14.1. The van der Waals surface area contributed by atoms with Gasteiger partial charge in [-0.05, 0) is 66.8 Å². The number of carbonyl (C=O) groups is 2. The van der Waals surface area contributed by atoms with Crippen molar-refractivity contribution in [3.05, 3.63) is 94.0 Å². The predicted molar refractivity (Wildman–Crippen MR) is 166 cm³/mol. The van der Waals surface area contributed by atoms with E-state index in [0.717, 1.165) is 29.1 Å². The summed E-state index contributed by atoms with van der Waals surface area (Å²) in [7, 11) is -4.12. The standard InChI is InChI=1S/C31H37Cl2N3O4S/c1-4-7-19-34-31(38)29(6-3)35(21-24-15-16-25(32)20-28(24)33)30(37)22-36(26-17-13-23(5-2)14-18-26)41(39,40)27-11-9-8-10-12-27/h8-18,20,29H,4-7,19,21-22H2,1-3H3,(H,34,38). The first kappa shape index (κ1) is 32.4. The van der Waals surface area contributed by atoms with Crippen molar-refractivity contribution in [1.82, 2.24) is 10.2 Å². The molecule has 0 aliphatic carbocycles. The van der Waals surface area contributed by atoms with E-state index >= 15 is 0 Å². The average Bonchev–Trinajstić information content (AvgIpc) is 2.97. The minimum absolute atomic E-state index is 0.00252. The molecule has 0 aromatic heterocycles. The van der Waals surface area contributed by atoms with Crippen molar-refractivity contribution in [1.29, 1.82) is 0 Å². The summed E-state index contributed by atoms with van der Waals surface area (Å²) < 4.78 is 28.9. The maximum Gasteiger partial charge on any atom is 0.264 e. The van der Waals surface area contributed by atoms with E-state index in [-0.39, 0.29) is 17.3 Å². The number of hydrogen-bond donors (Lipinski definition) is 1. The van der Waals surface area contributed by atoms with Crippen molar-refractivity contribution in [3.8, 4) is 0 Å². The molecule has 1 N–H and O–H groups in total. The molecule has 0 saturated heterocycles. The van der Waals surface area contributed by atoms with Crippen LogP contribution < -0.4 is 9.62 Å². The lowest BCUT2D eigenvalue weighted by molar-refractivity contribution is -0.140. The number of nitrogens with one attached hydrogen (secondary N) is 1. The summed E-state index contributed by atoms with van der Waals surface area (Å²) in [4.78, 5) is 28.9. The molecule has 0 spiro atoms. The number of nitrogens with zero attached hydrogens (tertiary/aromatic N) is 2. The third-order valence-corrected chi connectivity index (χ3v) is 9.19. The highest BCUT2D eigenvalue weighted by Gasteiger charge is 2.33. The lowest BCUT2D eigenvalue weighted by Crippen LogP contribution is -2.52. The Morgan fingerprint density at radius 2 is 1.61 bits per heavy atom. The van der Waals surface area contributed by atoms with Gasteiger partial charge in [0, 0.05) is 23.1 Å². The van der Waals surface area contributed by atoms with E-state index < -0.39 is 28.5 Å². The van der Waals surface area contributed by atoms with E-state index in [1.165, 1.54) is 17.0 Å². The number of rotatable bonds is 14. The minimum atomic E-state index is -4.12. The molecule has 0 bridgehead atoms. The van der Waals surface area contributed by atoms with Crippen LogP contribution in [-0.4, -0.2) is 44.3 Å². The first-order valence-corrected chi connectivity index (χ1v) is 16.0. The summed E-state index contributed by atoms with van der Waals surface area (Å²) >= 11 is 12.6. The number of halogens is 2. The highest BCUT2D eigenvalue weighted by molar-refractivity contribution is 7.92. The number of anilines is 1. The average molecular weight is 619 g/mol. The lowest BCUT2D eigenvalue weighted by Gasteiger charge is -2.33. The quantitative estimate of drug-likeness (QED) is 0.210. The second kappa shape index (κ2) is 15.2. The Bertz CT molecular complexity index is 1420. The van der Waals surface area contributed by atoms with Gasteiger partial charge in [-0.1, -0.05) is 86.8 Å². The first-order chi connectivity index (χ1) is 19.6. The molecular formula is C31H37Cl2N3O4S. The fourth-order valence-electron chi connectivity index (χ4n) is 4.41. The number of aryl methyl sites for hydroxylation is 1. The van der Waals surface area contributed by atoms with Gasteiger partial charge in [0.25, 0.3) is 10.0 Å². The molecule has 1 atom stereocenters. The van der Waals surface area contributed by atoms with Crippen LogP contribution in [-0.2, 0) is 32.6 Å². The molecule has 0 aliphatic heterocycles. The smallest absolute Gasteiger partial charge is 0.264 e. The largest absolute Gasteiger partial charge is 0.354 e. The topological polar surface area (TPSA) is 86.8 Å². The Morgan fingerprint density at radius 3 is 2.20 bits per heavy atom. The van der Waals surface area contributed by atoms with Crippen molar-refractivity contribution in [3.63, 3.8) is 0 Å². The summed E-state index contributed by atoms with van der Waals surface area (Å²) in [6, 6.07) is 19.2. The van der Waals surface area contributed by atoms with E-state index in [4.69, 9.17) is 23.2 Å². The van der Waals surface area contributed by atoms with Crippen molar-refractivity contribution in [2.75, 3.05) is 17.4 Å². The van der Waals surface area contributed by atoms with Crippen LogP contribution >= 0.6 is 23.2 Å². The van der Waals surface area contributed by atoms with Crippen LogP contribution in [0.4, 0.5) is 5.69 Å².